The van der Waals surface area contributed by atoms with E-state index in [-0.39, 0.29) is 11.9 Å². The van der Waals surface area contributed by atoms with Gasteiger partial charge in [0.25, 0.3) is 0 Å². The predicted molar refractivity (Wildman–Crippen MR) is 102 cm³/mol. The van der Waals surface area contributed by atoms with Gasteiger partial charge in [-0.1, -0.05) is 0 Å². The Morgan fingerprint density at radius 2 is 1.67 bits per heavy atom. The Bertz CT molecular complexity index is 674. The van der Waals surface area contributed by atoms with Gasteiger partial charge in [-0.15, -0.1) is 0 Å². The maximum atomic E-state index is 12.9. The topological polar surface area (TPSA) is 61.7 Å². The number of aryl methyl sites for hydroxylation is 1. The summed E-state index contributed by atoms with van der Waals surface area (Å²) in [6.45, 7) is 4.96. The summed E-state index contributed by atoms with van der Waals surface area (Å²) in [6, 6.07) is 0.177. The average molecular weight is 374 g/mol. The maximum Gasteiger partial charge on any atom is 0.319 e. The fraction of sp³-hybridized carbons (Fsp3) is 0.750. The Balaban J connectivity index is 1.24. The minimum Gasteiger partial charge on any atom is -0.342 e. The normalized spacial score (nSPS) is 24.0. The molecule has 0 aromatic carbocycles. The highest BCUT2D eigenvalue weighted by molar-refractivity contribution is 5.80. The Morgan fingerprint density at radius 1 is 1.00 bits per heavy atom. The molecule has 0 saturated carbocycles. The lowest BCUT2D eigenvalue weighted by Gasteiger charge is -2.35. The highest BCUT2D eigenvalue weighted by Gasteiger charge is 2.35. The fourth-order valence-electron chi connectivity index (χ4n) is 4.79. The van der Waals surface area contributed by atoms with Crippen molar-refractivity contribution in [3.05, 3.63) is 18.0 Å². The van der Waals surface area contributed by atoms with Gasteiger partial charge < -0.3 is 14.7 Å². The summed E-state index contributed by atoms with van der Waals surface area (Å²) in [5.74, 6) is 0.928. The molecule has 3 fully saturated rings. The van der Waals surface area contributed by atoms with Gasteiger partial charge in [0.2, 0.25) is 5.91 Å². The molecule has 3 saturated heterocycles. The third kappa shape index (κ3) is 4.12. The number of hydrogen-bond acceptors (Lipinski definition) is 3. The second kappa shape index (κ2) is 7.90. The molecule has 0 N–H and O–H groups in total. The summed E-state index contributed by atoms with van der Waals surface area (Å²) in [7, 11) is 1.94. The van der Waals surface area contributed by atoms with Crippen molar-refractivity contribution in [3.8, 4) is 0 Å². The smallest absolute Gasteiger partial charge is 0.319 e. The van der Waals surface area contributed by atoms with Gasteiger partial charge in [-0.3, -0.25) is 9.48 Å². The average Bonchev–Trinajstić information content (AvgIpc) is 3.43. The summed E-state index contributed by atoms with van der Waals surface area (Å²) in [5.41, 5.74) is 1.26. The number of carbonyl (C=O) groups is 2. The number of nitrogens with zero attached hydrogens (tertiary/aromatic N) is 5. The van der Waals surface area contributed by atoms with E-state index in [0.29, 0.717) is 11.8 Å². The second-order valence-corrected chi connectivity index (χ2v) is 8.40. The summed E-state index contributed by atoms with van der Waals surface area (Å²) in [6.07, 6.45) is 9.93. The highest BCUT2D eigenvalue weighted by Crippen LogP contribution is 2.26. The standard InChI is InChI=1S/C20H31N5O2/c1-22-14-17(13-21-22)12-16-4-9-25(15-16)19(26)18-5-10-24(11-6-18)20(27)23-7-2-3-8-23/h13-14,16,18H,2-12,15H2,1H3. The van der Waals surface area contributed by atoms with E-state index in [1.54, 1.807) is 0 Å². The first-order chi connectivity index (χ1) is 13.1. The maximum absolute atomic E-state index is 12.9. The van der Waals surface area contributed by atoms with Crippen molar-refractivity contribution in [2.45, 2.75) is 38.5 Å². The zero-order valence-electron chi connectivity index (χ0n) is 16.3. The van der Waals surface area contributed by atoms with Crippen molar-refractivity contribution in [1.82, 2.24) is 24.5 Å². The van der Waals surface area contributed by atoms with E-state index in [1.165, 1.54) is 5.56 Å². The van der Waals surface area contributed by atoms with Gasteiger partial charge in [0.15, 0.2) is 0 Å². The van der Waals surface area contributed by atoms with Crippen molar-refractivity contribution in [3.63, 3.8) is 0 Å². The van der Waals surface area contributed by atoms with E-state index in [2.05, 4.69) is 16.2 Å². The second-order valence-electron chi connectivity index (χ2n) is 8.40. The molecule has 1 atom stereocenters. The third-order valence-electron chi connectivity index (χ3n) is 6.37. The molecule has 7 heteroatoms. The number of carbonyl (C=O) groups excluding carboxylic acids is 2. The number of amides is 3. The molecular formula is C20H31N5O2. The molecule has 1 aromatic heterocycles. The summed E-state index contributed by atoms with van der Waals surface area (Å²) in [5, 5.41) is 4.24. The van der Waals surface area contributed by atoms with Crippen molar-refractivity contribution in [2.75, 3.05) is 39.3 Å². The van der Waals surface area contributed by atoms with Crippen LogP contribution in [0.25, 0.3) is 0 Å². The van der Waals surface area contributed by atoms with E-state index in [0.717, 1.165) is 77.8 Å². The molecule has 7 nitrogen and oxygen atoms in total. The van der Waals surface area contributed by atoms with Crippen LogP contribution in [0, 0.1) is 11.8 Å². The van der Waals surface area contributed by atoms with Crippen LogP contribution in [0.3, 0.4) is 0 Å². The molecule has 0 spiro atoms. The fourth-order valence-corrected chi connectivity index (χ4v) is 4.79. The van der Waals surface area contributed by atoms with Crippen LogP contribution in [0.15, 0.2) is 12.4 Å². The Labute approximate surface area is 161 Å². The lowest BCUT2D eigenvalue weighted by Crippen LogP contribution is -2.48. The number of piperidine rings is 1. The molecule has 0 aliphatic carbocycles. The first-order valence-electron chi connectivity index (χ1n) is 10.4. The van der Waals surface area contributed by atoms with E-state index in [9.17, 15) is 9.59 Å². The van der Waals surface area contributed by atoms with Crippen LogP contribution in [-0.4, -0.2) is 75.7 Å². The molecule has 1 unspecified atom stereocenters. The van der Waals surface area contributed by atoms with Gasteiger partial charge in [-0.25, -0.2) is 4.79 Å². The van der Waals surface area contributed by atoms with Crippen LogP contribution in [-0.2, 0) is 18.3 Å². The lowest BCUT2D eigenvalue weighted by molar-refractivity contribution is -0.136. The highest BCUT2D eigenvalue weighted by atomic mass is 16.2. The van der Waals surface area contributed by atoms with Gasteiger partial charge in [-0.05, 0) is 50.0 Å². The number of rotatable bonds is 3. The van der Waals surface area contributed by atoms with E-state index in [1.807, 2.05) is 27.7 Å². The molecule has 0 radical (unpaired) electrons. The molecule has 0 bridgehead atoms. The first kappa shape index (κ1) is 18.3. The Morgan fingerprint density at radius 3 is 2.33 bits per heavy atom. The summed E-state index contributed by atoms with van der Waals surface area (Å²) < 4.78 is 1.84. The number of urea groups is 1. The monoisotopic (exact) mass is 373 g/mol. The van der Waals surface area contributed by atoms with Gasteiger partial charge in [0.1, 0.15) is 0 Å². The molecule has 1 aromatic rings. The number of hydrogen-bond donors (Lipinski definition) is 0. The summed E-state index contributed by atoms with van der Waals surface area (Å²) >= 11 is 0. The van der Waals surface area contributed by atoms with E-state index >= 15 is 0 Å². The van der Waals surface area contributed by atoms with Crippen molar-refractivity contribution < 1.29 is 9.59 Å². The molecule has 148 valence electrons. The number of likely N-dealkylation sites (tertiary alicyclic amines) is 3. The Hall–Kier alpha value is -2.05. The van der Waals surface area contributed by atoms with Crippen LogP contribution in [0.2, 0.25) is 0 Å². The Kier molecular flexibility index (Phi) is 5.36. The van der Waals surface area contributed by atoms with Crippen molar-refractivity contribution in [2.24, 2.45) is 18.9 Å². The predicted octanol–water partition coefficient (Wildman–Crippen LogP) is 1.74. The minimum atomic E-state index is 0.0878. The van der Waals surface area contributed by atoms with Gasteiger partial charge >= 0.3 is 6.03 Å². The minimum absolute atomic E-state index is 0.0878. The van der Waals surface area contributed by atoms with E-state index in [4.69, 9.17) is 0 Å². The molecular weight excluding hydrogens is 342 g/mol. The zero-order chi connectivity index (χ0) is 18.8. The van der Waals surface area contributed by atoms with Crippen LogP contribution in [0.4, 0.5) is 4.79 Å². The quantitative estimate of drug-likeness (QED) is 0.811. The van der Waals surface area contributed by atoms with Gasteiger partial charge in [-0.2, -0.15) is 5.10 Å². The van der Waals surface area contributed by atoms with Crippen LogP contribution < -0.4 is 0 Å². The lowest BCUT2D eigenvalue weighted by atomic mass is 9.95. The molecule has 27 heavy (non-hydrogen) atoms. The van der Waals surface area contributed by atoms with Crippen LogP contribution in [0.1, 0.15) is 37.7 Å². The third-order valence-corrected chi connectivity index (χ3v) is 6.37. The summed E-state index contributed by atoms with van der Waals surface area (Å²) in [4.78, 5) is 31.4. The molecule has 3 aliphatic rings. The van der Waals surface area contributed by atoms with Crippen molar-refractivity contribution >= 4 is 11.9 Å². The SMILES string of the molecule is Cn1cc(CC2CCN(C(=O)C3CCN(C(=O)N4CCCC4)CC3)C2)cn1. The number of aromatic nitrogens is 2. The molecule has 3 aliphatic heterocycles. The molecule has 4 rings (SSSR count). The van der Waals surface area contributed by atoms with Crippen molar-refractivity contribution in [1.29, 1.82) is 0 Å². The van der Waals surface area contributed by atoms with E-state index < -0.39 is 0 Å². The first-order valence-corrected chi connectivity index (χ1v) is 10.4. The van der Waals surface area contributed by atoms with Gasteiger partial charge in [0, 0.05) is 58.4 Å². The largest absolute Gasteiger partial charge is 0.342 e. The zero-order valence-corrected chi connectivity index (χ0v) is 16.3. The molecule has 4 heterocycles. The van der Waals surface area contributed by atoms with Gasteiger partial charge in [0.05, 0.1) is 6.20 Å². The van der Waals surface area contributed by atoms with Crippen LogP contribution in [0.5, 0.6) is 0 Å². The molecule has 3 amide bonds. The van der Waals surface area contributed by atoms with Crippen LogP contribution >= 0.6 is 0 Å².